The van der Waals surface area contributed by atoms with Gasteiger partial charge >= 0.3 is 0 Å². The Morgan fingerprint density at radius 1 is 1.36 bits per heavy atom. The molecule has 0 amide bonds. The summed E-state index contributed by atoms with van der Waals surface area (Å²) in [7, 11) is 0. The van der Waals surface area contributed by atoms with Crippen LogP contribution in [0.3, 0.4) is 0 Å². The lowest BCUT2D eigenvalue weighted by molar-refractivity contribution is -0.384. The molecule has 0 saturated carbocycles. The van der Waals surface area contributed by atoms with Gasteiger partial charge in [-0.2, -0.15) is 5.26 Å². The van der Waals surface area contributed by atoms with Gasteiger partial charge in [-0.1, -0.05) is 0 Å². The first-order valence-electron chi connectivity index (χ1n) is 6.19. The van der Waals surface area contributed by atoms with E-state index in [-0.39, 0.29) is 11.2 Å². The molecule has 0 aliphatic carbocycles. The SMILES string of the molecule is Cc1c(C#N)sc2nc(-c3ccc([N+](=O)[O-])cc3)[nH]c(=O)c12. The first kappa shape index (κ1) is 13.9. The Bertz CT molecular complexity index is 996. The van der Waals surface area contributed by atoms with E-state index in [1.807, 2.05) is 6.07 Å². The second-order valence-electron chi connectivity index (χ2n) is 4.57. The number of nitro groups is 1. The van der Waals surface area contributed by atoms with Crippen molar-refractivity contribution in [2.75, 3.05) is 0 Å². The fourth-order valence-corrected chi connectivity index (χ4v) is 3.11. The molecule has 7 nitrogen and oxygen atoms in total. The zero-order chi connectivity index (χ0) is 15.9. The summed E-state index contributed by atoms with van der Waals surface area (Å²) in [6.07, 6.45) is 0. The molecule has 0 unspecified atom stereocenters. The lowest BCUT2D eigenvalue weighted by atomic mass is 10.2. The van der Waals surface area contributed by atoms with E-state index in [1.54, 1.807) is 6.92 Å². The number of nitrogens with zero attached hydrogens (tertiary/aromatic N) is 3. The minimum atomic E-state index is -0.495. The second kappa shape index (κ2) is 5.05. The monoisotopic (exact) mass is 312 g/mol. The van der Waals surface area contributed by atoms with Crippen LogP contribution in [0.4, 0.5) is 5.69 Å². The number of nitro benzene ring substituents is 1. The van der Waals surface area contributed by atoms with Crippen LogP contribution in [0.25, 0.3) is 21.6 Å². The van der Waals surface area contributed by atoms with Crippen molar-refractivity contribution in [3.8, 4) is 17.5 Å². The zero-order valence-electron chi connectivity index (χ0n) is 11.3. The molecule has 0 bridgehead atoms. The maximum Gasteiger partial charge on any atom is 0.269 e. The number of aromatic amines is 1. The number of hydrogen-bond acceptors (Lipinski definition) is 6. The van der Waals surface area contributed by atoms with Gasteiger partial charge in [0.2, 0.25) is 0 Å². The number of nitrogens with one attached hydrogen (secondary N) is 1. The summed E-state index contributed by atoms with van der Waals surface area (Å²) in [6, 6.07) is 7.78. The summed E-state index contributed by atoms with van der Waals surface area (Å²) in [5, 5.41) is 20.1. The van der Waals surface area contributed by atoms with Gasteiger partial charge in [0.05, 0.1) is 10.3 Å². The van der Waals surface area contributed by atoms with E-state index in [0.29, 0.717) is 32.0 Å². The van der Waals surface area contributed by atoms with Crippen LogP contribution < -0.4 is 5.56 Å². The Morgan fingerprint density at radius 3 is 2.64 bits per heavy atom. The lowest BCUT2D eigenvalue weighted by Crippen LogP contribution is -2.09. The van der Waals surface area contributed by atoms with Crippen molar-refractivity contribution in [2.24, 2.45) is 0 Å². The van der Waals surface area contributed by atoms with Gasteiger partial charge in [-0.15, -0.1) is 11.3 Å². The van der Waals surface area contributed by atoms with Gasteiger partial charge in [-0.25, -0.2) is 4.98 Å². The minimum Gasteiger partial charge on any atom is -0.306 e. The molecule has 0 aliphatic rings. The van der Waals surface area contributed by atoms with Gasteiger partial charge in [0, 0.05) is 17.7 Å². The van der Waals surface area contributed by atoms with Crippen molar-refractivity contribution in [1.82, 2.24) is 9.97 Å². The predicted molar refractivity (Wildman–Crippen MR) is 81.8 cm³/mol. The van der Waals surface area contributed by atoms with E-state index in [1.165, 1.54) is 24.3 Å². The number of nitriles is 1. The lowest BCUT2D eigenvalue weighted by Gasteiger charge is -2.01. The highest BCUT2D eigenvalue weighted by Crippen LogP contribution is 2.28. The van der Waals surface area contributed by atoms with Crippen molar-refractivity contribution in [3.05, 3.63) is 55.2 Å². The van der Waals surface area contributed by atoms with E-state index in [9.17, 15) is 14.9 Å². The highest BCUT2D eigenvalue weighted by Gasteiger charge is 2.15. The molecule has 2 heterocycles. The molecule has 0 aliphatic heterocycles. The first-order chi connectivity index (χ1) is 10.5. The molecule has 0 spiro atoms. The summed E-state index contributed by atoms with van der Waals surface area (Å²) in [6.45, 7) is 1.71. The summed E-state index contributed by atoms with van der Waals surface area (Å²) in [5.74, 6) is 0.318. The molecule has 0 saturated heterocycles. The molecular weight excluding hydrogens is 304 g/mol. The Morgan fingerprint density at radius 2 is 2.05 bits per heavy atom. The van der Waals surface area contributed by atoms with Crippen molar-refractivity contribution >= 4 is 27.2 Å². The van der Waals surface area contributed by atoms with Gasteiger partial charge in [-0.05, 0) is 24.6 Å². The maximum absolute atomic E-state index is 12.2. The van der Waals surface area contributed by atoms with Crippen LogP contribution in [0.15, 0.2) is 29.1 Å². The fraction of sp³-hybridized carbons (Fsp3) is 0.0714. The number of aryl methyl sites for hydroxylation is 1. The smallest absolute Gasteiger partial charge is 0.269 e. The highest BCUT2D eigenvalue weighted by molar-refractivity contribution is 7.19. The minimum absolute atomic E-state index is 0.0362. The number of thiophene rings is 1. The molecule has 108 valence electrons. The molecule has 2 aromatic heterocycles. The maximum atomic E-state index is 12.2. The Kier molecular flexibility index (Phi) is 3.19. The van der Waals surface area contributed by atoms with Gasteiger partial charge in [0.15, 0.2) is 0 Å². The summed E-state index contributed by atoms with van der Waals surface area (Å²) < 4.78 is 0. The third-order valence-corrected chi connectivity index (χ3v) is 4.34. The van der Waals surface area contributed by atoms with E-state index >= 15 is 0 Å². The third kappa shape index (κ3) is 2.13. The van der Waals surface area contributed by atoms with Gasteiger partial charge in [-0.3, -0.25) is 14.9 Å². The second-order valence-corrected chi connectivity index (χ2v) is 5.57. The molecule has 0 atom stereocenters. The van der Waals surface area contributed by atoms with E-state index in [0.717, 1.165) is 11.3 Å². The average Bonchev–Trinajstić information content (AvgIpc) is 2.84. The molecule has 0 radical (unpaired) electrons. The predicted octanol–water partition coefficient (Wildman–Crippen LogP) is 2.74. The summed E-state index contributed by atoms with van der Waals surface area (Å²) in [5.41, 5.74) is 0.820. The fourth-order valence-electron chi connectivity index (χ4n) is 2.13. The molecule has 3 aromatic rings. The van der Waals surface area contributed by atoms with E-state index in [4.69, 9.17) is 5.26 Å². The normalized spacial score (nSPS) is 10.5. The first-order valence-corrected chi connectivity index (χ1v) is 7.01. The van der Waals surface area contributed by atoms with Gasteiger partial charge in [0.1, 0.15) is 21.6 Å². The van der Waals surface area contributed by atoms with Crippen LogP contribution >= 0.6 is 11.3 Å². The summed E-state index contributed by atoms with van der Waals surface area (Å²) >= 11 is 1.15. The Balaban J connectivity index is 2.18. The average molecular weight is 312 g/mol. The summed E-state index contributed by atoms with van der Waals surface area (Å²) in [4.78, 5) is 30.3. The highest BCUT2D eigenvalue weighted by atomic mass is 32.1. The topological polar surface area (TPSA) is 113 Å². The number of fused-ring (bicyclic) bond motifs is 1. The third-order valence-electron chi connectivity index (χ3n) is 3.25. The molecular formula is C14H8N4O3S. The molecule has 0 fully saturated rings. The van der Waals surface area contributed by atoms with Crippen LogP contribution in [-0.4, -0.2) is 14.9 Å². The molecule has 3 rings (SSSR count). The van der Waals surface area contributed by atoms with Crippen molar-refractivity contribution in [3.63, 3.8) is 0 Å². The number of rotatable bonds is 2. The van der Waals surface area contributed by atoms with E-state index < -0.39 is 4.92 Å². The van der Waals surface area contributed by atoms with Crippen molar-refractivity contribution in [2.45, 2.75) is 6.92 Å². The van der Waals surface area contributed by atoms with Crippen LogP contribution in [-0.2, 0) is 0 Å². The van der Waals surface area contributed by atoms with Gasteiger partial charge < -0.3 is 4.98 Å². The number of aromatic nitrogens is 2. The van der Waals surface area contributed by atoms with Crippen LogP contribution in [0, 0.1) is 28.4 Å². The van der Waals surface area contributed by atoms with Crippen LogP contribution in [0.2, 0.25) is 0 Å². The number of hydrogen-bond donors (Lipinski definition) is 1. The van der Waals surface area contributed by atoms with Crippen LogP contribution in [0.5, 0.6) is 0 Å². The molecule has 1 aromatic carbocycles. The molecule has 8 heteroatoms. The van der Waals surface area contributed by atoms with Crippen molar-refractivity contribution < 1.29 is 4.92 Å². The number of H-pyrrole nitrogens is 1. The van der Waals surface area contributed by atoms with Crippen molar-refractivity contribution in [1.29, 1.82) is 5.26 Å². The zero-order valence-corrected chi connectivity index (χ0v) is 12.1. The van der Waals surface area contributed by atoms with Gasteiger partial charge in [0.25, 0.3) is 11.2 Å². The Labute approximate surface area is 127 Å². The largest absolute Gasteiger partial charge is 0.306 e. The Hall–Kier alpha value is -3.05. The quantitative estimate of drug-likeness (QED) is 0.577. The van der Waals surface area contributed by atoms with Crippen LogP contribution in [0.1, 0.15) is 10.4 Å². The number of non-ortho nitro benzene ring substituents is 1. The standard InChI is InChI=1S/C14H8N4O3S/c1-7-10(6-15)22-14-11(7)13(19)16-12(17-14)8-2-4-9(5-3-8)18(20)21/h2-5H,1H3,(H,16,17,19). The number of benzene rings is 1. The molecule has 1 N–H and O–H groups in total. The van der Waals surface area contributed by atoms with E-state index in [2.05, 4.69) is 9.97 Å². The molecule has 22 heavy (non-hydrogen) atoms.